The second-order valence-corrected chi connectivity index (χ2v) is 3.83. The Kier molecular flexibility index (Phi) is 2.95. The zero-order valence-electron chi connectivity index (χ0n) is 9.40. The highest BCUT2D eigenvalue weighted by Crippen LogP contribution is 2.29. The van der Waals surface area contributed by atoms with Gasteiger partial charge in [0.25, 0.3) is 0 Å². The summed E-state index contributed by atoms with van der Waals surface area (Å²) in [5.41, 5.74) is 1.65. The third-order valence-corrected chi connectivity index (χ3v) is 2.69. The van der Waals surface area contributed by atoms with E-state index in [4.69, 9.17) is 9.47 Å². The maximum absolute atomic E-state index is 11.6. The minimum absolute atomic E-state index is 0.138. The van der Waals surface area contributed by atoms with Crippen LogP contribution in [0, 0.1) is 0 Å². The molecule has 1 heterocycles. The van der Waals surface area contributed by atoms with Crippen LogP contribution in [0.3, 0.4) is 0 Å². The molecule has 1 aromatic rings. The molecule has 2 rings (SSSR count). The molecular weight excluding hydrogens is 204 g/mol. The fourth-order valence-corrected chi connectivity index (χ4v) is 1.67. The number of benzene rings is 1. The normalized spacial score (nSPS) is 20.0. The Morgan fingerprint density at radius 3 is 2.94 bits per heavy atom. The molecule has 1 aliphatic heterocycles. The van der Waals surface area contributed by atoms with Gasteiger partial charge in [0, 0.05) is 5.57 Å². The van der Waals surface area contributed by atoms with Crippen LogP contribution in [0.4, 0.5) is 0 Å². The van der Waals surface area contributed by atoms with E-state index in [1.165, 1.54) is 6.26 Å². The van der Waals surface area contributed by atoms with Crippen LogP contribution < -0.4 is 4.74 Å². The molecule has 0 radical (unpaired) electrons. The topological polar surface area (TPSA) is 35.5 Å². The van der Waals surface area contributed by atoms with E-state index >= 15 is 0 Å². The van der Waals surface area contributed by atoms with Crippen molar-refractivity contribution in [2.24, 2.45) is 0 Å². The predicted octanol–water partition coefficient (Wildman–Crippen LogP) is 2.63. The lowest BCUT2D eigenvalue weighted by Crippen LogP contribution is -2.14. The number of Topliss-reactive ketones (excluding diaryl/α,β-unsaturated/α-hetero) is 1. The van der Waals surface area contributed by atoms with Gasteiger partial charge in [0.2, 0.25) is 0 Å². The Morgan fingerprint density at radius 2 is 2.25 bits per heavy atom. The number of hydrogen-bond acceptors (Lipinski definition) is 3. The van der Waals surface area contributed by atoms with E-state index in [0.717, 1.165) is 11.3 Å². The molecule has 1 aliphatic rings. The Morgan fingerprint density at radius 1 is 1.44 bits per heavy atom. The van der Waals surface area contributed by atoms with Crippen molar-refractivity contribution in [3.05, 3.63) is 41.7 Å². The van der Waals surface area contributed by atoms with Gasteiger partial charge in [0.05, 0.1) is 19.8 Å². The molecule has 0 fully saturated rings. The zero-order chi connectivity index (χ0) is 11.5. The van der Waals surface area contributed by atoms with Gasteiger partial charge in [-0.2, -0.15) is 0 Å². The van der Waals surface area contributed by atoms with Crippen LogP contribution in [0.2, 0.25) is 0 Å². The first kappa shape index (κ1) is 10.7. The van der Waals surface area contributed by atoms with E-state index in [1.807, 2.05) is 24.3 Å². The maximum atomic E-state index is 11.6. The molecule has 84 valence electrons. The quantitative estimate of drug-likeness (QED) is 0.765. The fraction of sp³-hybridized carbons (Fsp3) is 0.308. The smallest absolute Gasteiger partial charge is 0.165 e. The van der Waals surface area contributed by atoms with E-state index in [2.05, 4.69) is 0 Å². The van der Waals surface area contributed by atoms with Crippen LogP contribution in [-0.2, 0) is 9.53 Å². The molecule has 1 atom stereocenters. The van der Waals surface area contributed by atoms with Gasteiger partial charge in [-0.05, 0) is 24.6 Å². The highest BCUT2D eigenvalue weighted by molar-refractivity contribution is 5.95. The maximum Gasteiger partial charge on any atom is 0.165 e. The standard InChI is InChI=1S/C13H14O3/c1-9-8-16-13(7-12(9)14)10-4-3-5-11(6-10)15-2/h3-6,8,13H,7H2,1-2H3. The molecule has 3 heteroatoms. The van der Waals surface area contributed by atoms with Gasteiger partial charge in [-0.1, -0.05) is 12.1 Å². The van der Waals surface area contributed by atoms with Crippen molar-refractivity contribution in [3.63, 3.8) is 0 Å². The summed E-state index contributed by atoms with van der Waals surface area (Å²) >= 11 is 0. The lowest BCUT2D eigenvalue weighted by molar-refractivity contribution is -0.119. The predicted molar refractivity (Wildman–Crippen MR) is 60.2 cm³/mol. The molecule has 0 N–H and O–H groups in total. The first-order valence-electron chi connectivity index (χ1n) is 5.20. The molecule has 1 aromatic carbocycles. The molecule has 0 amide bonds. The summed E-state index contributed by atoms with van der Waals surface area (Å²) < 4.78 is 10.6. The summed E-state index contributed by atoms with van der Waals surface area (Å²) in [4.78, 5) is 11.6. The fourth-order valence-electron chi connectivity index (χ4n) is 1.67. The van der Waals surface area contributed by atoms with E-state index in [-0.39, 0.29) is 11.9 Å². The second kappa shape index (κ2) is 4.39. The van der Waals surface area contributed by atoms with Crippen LogP contribution in [0.5, 0.6) is 5.75 Å². The van der Waals surface area contributed by atoms with Gasteiger partial charge < -0.3 is 9.47 Å². The first-order chi connectivity index (χ1) is 7.70. The molecule has 1 unspecified atom stereocenters. The highest BCUT2D eigenvalue weighted by atomic mass is 16.5. The van der Waals surface area contributed by atoms with Crippen molar-refractivity contribution in [3.8, 4) is 5.75 Å². The average Bonchev–Trinajstić information content (AvgIpc) is 2.33. The molecular formula is C13H14O3. The average molecular weight is 218 g/mol. The number of hydrogen-bond donors (Lipinski definition) is 0. The largest absolute Gasteiger partial charge is 0.497 e. The lowest BCUT2D eigenvalue weighted by atomic mass is 9.99. The molecule has 16 heavy (non-hydrogen) atoms. The number of ketones is 1. The van der Waals surface area contributed by atoms with Crippen molar-refractivity contribution in [1.82, 2.24) is 0 Å². The zero-order valence-corrected chi connectivity index (χ0v) is 9.40. The Labute approximate surface area is 94.7 Å². The van der Waals surface area contributed by atoms with Crippen LogP contribution in [-0.4, -0.2) is 12.9 Å². The minimum atomic E-state index is -0.189. The van der Waals surface area contributed by atoms with Gasteiger partial charge in [-0.25, -0.2) is 0 Å². The van der Waals surface area contributed by atoms with E-state index < -0.39 is 0 Å². The van der Waals surface area contributed by atoms with Crippen molar-refractivity contribution in [1.29, 1.82) is 0 Å². The third-order valence-electron chi connectivity index (χ3n) is 2.69. The minimum Gasteiger partial charge on any atom is -0.497 e. The van der Waals surface area contributed by atoms with Crippen molar-refractivity contribution >= 4 is 5.78 Å². The molecule has 0 aromatic heterocycles. The van der Waals surface area contributed by atoms with Crippen molar-refractivity contribution < 1.29 is 14.3 Å². The van der Waals surface area contributed by atoms with Gasteiger partial charge in [0.1, 0.15) is 11.9 Å². The molecule has 0 spiro atoms. The first-order valence-corrected chi connectivity index (χ1v) is 5.20. The second-order valence-electron chi connectivity index (χ2n) is 3.83. The van der Waals surface area contributed by atoms with Crippen molar-refractivity contribution in [2.45, 2.75) is 19.4 Å². The van der Waals surface area contributed by atoms with Crippen LogP contribution in [0.25, 0.3) is 0 Å². The molecule has 0 aliphatic carbocycles. The Bertz CT molecular complexity index is 435. The monoisotopic (exact) mass is 218 g/mol. The number of allylic oxidation sites excluding steroid dienone is 1. The molecule has 0 bridgehead atoms. The SMILES string of the molecule is COc1cccc(C2CC(=O)C(C)=CO2)c1. The van der Waals surface area contributed by atoms with E-state index in [1.54, 1.807) is 14.0 Å². The van der Waals surface area contributed by atoms with Gasteiger partial charge >= 0.3 is 0 Å². The van der Waals surface area contributed by atoms with Gasteiger partial charge in [0.15, 0.2) is 5.78 Å². The Balaban J connectivity index is 2.22. The number of ether oxygens (including phenoxy) is 2. The third kappa shape index (κ3) is 2.08. The van der Waals surface area contributed by atoms with Crippen LogP contribution in [0.1, 0.15) is 25.0 Å². The van der Waals surface area contributed by atoms with Crippen LogP contribution >= 0.6 is 0 Å². The summed E-state index contributed by atoms with van der Waals surface area (Å²) in [6, 6.07) is 7.60. The van der Waals surface area contributed by atoms with Crippen LogP contribution in [0.15, 0.2) is 36.1 Å². The summed E-state index contributed by atoms with van der Waals surface area (Å²) in [6.45, 7) is 1.77. The number of methoxy groups -OCH3 is 1. The van der Waals surface area contributed by atoms with Gasteiger partial charge in [-0.3, -0.25) is 4.79 Å². The summed E-state index contributed by atoms with van der Waals surface area (Å²) in [5, 5.41) is 0. The summed E-state index contributed by atoms with van der Waals surface area (Å²) in [7, 11) is 1.62. The van der Waals surface area contributed by atoms with Crippen molar-refractivity contribution in [2.75, 3.05) is 7.11 Å². The number of carbonyl (C=O) groups is 1. The number of rotatable bonds is 2. The molecule has 3 nitrogen and oxygen atoms in total. The van der Waals surface area contributed by atoms with E-state index in [0.29, 0.717) is 12.0 Å². The molecule has 0 saturated heterocycles. The lowest BCUT2D eigenvalue weighted by Gasteiger charge is -2.21. The highest BCUT2D eigenvalue weighted by Gasteiger charge is 2.22. The number of carbonyl (C=O) groups excluding carboxylic acids is 1. The Hall–Kier alpha value is -1.77. The van der Waals surface area contributed by atoms with Gasteiger partial charge in [-0.15, -0.1) is 0 Å². The molecule has 0 saturated carbocycles. The summed E-state index contributed by atoms with van der Waals surface area (Å²) in [5.74, 6) is 0.916. The summed E-state index contributed by atoms with van der Waals surface area (Å²) in [6.07, 6.45) is 1.75. The van der Waals surface area contributed by atoms with E-state index in [9.17, 15) is 4.79 Å².